The quantitative estimate of drug-likeness (QED) is 0.276. The maximum atomic E-state index is 11.5. The van der Waals surface area contributed by atoms with Crippen LogP contribution < -0.4 is 5.32 Å². The van der Waals surface area contributed by atoms with Crippen molar-refractivity contribution in [2.45, 2.75) is 30.2 Å². The number of hydrogen-bond acceptors (Lipinski definition) is 8. The molecule has 2 rings (SSSR count). The number of nitrogens with one attached hydrogen (secondary N) is 1. The van der Waals surface area contributed by atoms with Crippen molar-refractivity contribution in [3.8, 4) is 0 Å². The van der Waals surface area contributed by atoms with Gasteiger partial charge in [-0.3, -0.25) is 14.9 Å². The van der Waals surface area contributed by atoms with Crippen LogP contribution >= 0.6 is 0 Å². The molecule has 19 heavy (non-hydrogen) atoms. The lowest BCUT2D eigenvalue weighted by Crippen LogP contribution is -2.66. The zero-order valence-electron chi connectivity index (χ0n) is 9.55. The molecule has 1 saturated heterocycles. The lowest BCUT2D eigenvalue weighted by atomic mass is 9.88. The number of aliphatic hydroxyl groups is 5. The molecular formula is C10H13NO8. The Hall–Kier alpha value is -1.36. The number of carbonyl (C=O) groups excluding carboxylic acids is 2. The van der Waals surface area contributed by atoms with Gasteiger partial charge in [-0.05, 0) is 0 Å². The summed E-state index contributed by atoms with van der Waals surface area (Å²) in [6.45, 7) is -0.768. The molecular weight excluding hydrogens is 262 g/mol. The van der Waals surface area contributed by atoms with Crippen LogP contribution in [0.25, 0.3) is 0 Å². The summed E-state index contributed by atoms with van der Waals surface area (Å²) in [6.07, 6.45) is -6.29. The molecule has 0 radical (unpaired) electrons. The van der Waals surface area contributed by atoms with E-state index in [-0.39, 0.29) is 0 Å². The van der Waals surface area contributed by atoms with Crippen molar-refractivity contribution in [1.82, 2.24) is 5.32 Å². The average Bonchev–Trinajstić information content (AvgIpc) is 2.71. The van der Waals surface area contributed by atoms with Crippen molar-refractivity contribution >= 4 is 11.8 Å². The maximum absolute atomic E-state index is 11.5. The van der Waals surface area contributed by atoms with Crippen LogP contribution in [0.4, 0.5) is 0 Å². The third kappa shape index (κ3) is 2.06. The van der Waals surface area contributed by atoms with Gasteiger partial charge in [-0.1, -0.05) is 0 Å². The van der Waals surface area contributed by atoms with Gasteiger partial charge in [0.1, 0.15) is 24.4 Å². The Bertz CT molecular complexity index is 447. The van der Waals surface area contributed by atoms with E-state index in [1.165, 1.54) is 0 Å². The molecule has 0 aliphatic carbocycles. The van der Waals surface area contributed by atoms with Crippen LogP contribution in [0.2, 0.25) is 0 Å². The average molecular weight is 275 g/mol. The van der Waals surface area contributed by atoms with Crippen LogP contribution in [-0.4, -0.2) is 74.2 Å². The summed E-state index contributed by atoms with van der Waals surface area (Å²) in [5, 5.41) is 49.9. The first-order valence-electron chi connectivity index (χ1n) is 5.44. The van der Waals surface area contributed by atoms with Crippen LogP contribution in [0, 0.1) is 0 Å². The molecule has 0 spiro atoms. The van der Waals surface area contributed by atoms with Crippen molar-refractivity contribution in [3.63, 3.8) is 0 Å². The molecule has 0 bridgehead atoms. The molecule has 2 amide bonds. The van der Waals surface area contributed by atoms with E-state index in [1.54, 1.807) is 0 Å². The lowest BCUT2D eigenvalue weighted by Gasteiger charge is -2.45. The minimum atomic E-state index is -2.69. The summed E-state index contributed by atoms with van der Waals surface area (Å²) >= 11 is 0. The Balaban J connectivity index is 2.38. The Morgan fingerprint density at radius 2 is 1.89 bits per heavy atom. The summed E-state index contributed by atoms with van der Waals surface area (Å²) in [5.74, 6) is -4.50. The van der Waals surface area contributed by atoms with Gasteiger partial charge in [-0.25, -0.2) is 0 Å². The van der Waals surface area contributed by atoms with E-state index in [2.05, 4.69) is 0 Å². The fourth-order valence-electron chi connectivity index (χ4n) is 2.05. The second kappa shape index (κ2) is 4.63. The first kappa shape index (κ1) is 14.1. The predicted octanol–water partition coefficient (Wildman–Crippen LogP) is -4.27. The topological polar surface area (TPSA) is 157 Å². The smallest absolute Gasteiger partial charge is 0.259 e. The fraction of sp³-hybridized carbons (Fsp3) is 0.600. The molecule has 1 unspecified atom stereocenters. The molecule has 0 aromatic carbocycles. The molecule has 9 nitrogen and oxygen atoms in total. The highest BCUT2D eigenvalue weighted by atomic mass is 16.7. The first-order valence-corrected chi connectivity index (χ1v) is 5.44. The van der Waals surface area contributed by atoms with E-state index < -0.39 is 54.2 Å². The van der Waals surface area contributed by atoms with Gasteiger partial charge in [-0.2, -0.15) is 0 Å². The molecule has 2 heterocycles. The first-order chi connectivity index (χ1) is 8.81. The molecule has 0 saturated carbocycles. The van der Waals surface area contributed by atoms with Crippen molar-refractivity contribution in [3.05, 3.63) is 11.6 Å². The van der Waals surface area contributed by atoms with Crippen molar-refractivity contribution < 1.29 is 39.9 Å². The van der Waals surface area contributed by atoms with Gasteiger partial charge in [0.25, 0.3) is 11.8 Å². The van der Waals surface area contributed by atoms with Crippen molar-refractivity contribution in [2.24, 2.45) is 0 Å². The Morgan fingerprint density at radius 1 is 1.26 bits per heavy atom. The monoisotopic (exact) mass is 275 g/mol. The van der Waals surface area contributed by atoms with E-state index in [9.17, 15) is 30.0 Å². The molecule has 9 heteroatoms. The zero-order chi connectivity index (χ0) is 14.4. The number of rotatable bonds is 2. The third-order valence-corrected chi connectivity index (χ3v) is 3.11. The van der Waals surface area contributed by atoms with Gasteiger partial charge < -0.3 is 30.3 Å². The van der Waals surface area contributed by atoms with Crippen molar-refractivity contribution in [1.29, 1.82) is 0 Å². The van der Waals surface area contributed by atoms with Gasteiger partial charge in [-0.15, -0.1) is 0 Å². The van der Waals surface area contributed by atoms with Crippen LogP contribution in [0.3, 0.4) is 0 Å². The number of hydrogen-bond donors (Lipinski definition) is 6. The van der Waals surface area contributed by atoms with E-state index in [1.807, 2.05) is 5.32 Å². The summed E-state index contributed by atoms with van der Waals surface area (Å²) in [4.78, 5) is 22.5. The second-order valence-electron chi connectivity index (χ2n) is 4.34. The van der Waals surface area contributed by atoms with Crippen LogP contribution in [0.5, 0.6) is 0 Å². The highest BCUT2D eigenvalue weighted by Gasteiger charge is 2.57. The summed E-state index contributed by atoms with van der Waals surface area (Å²) in [5.41, 5.74) is -0.602. The molecule has 6 N–H and O–H groups in total. The van der Waals surface area contributed by atoms with E-state index in [0.717, 1.165) is 0 Å². The molecule has 106 valence electrons. The fourth-order valence-corrected chi connectivity index (χ4v) is 2.05. The number of amides is 2. The summed E-state index contributed by atoms with van der Waals surface area (Å²) < 4.78 is 4.88. The second-order valence-corrected chi connectivity index (χ2v) is 4.34. The molecule has 0 aromatic rings. The van der Waals surface area contributed by atoms with Gasteiger partial charge in [0, 0.05) is 6.08 Å². The number of aliphatic hydroxyl groups excluding tert-OH is 4. The number of ether oxygens (including phenoxy) is 1. The van der Waals surface area contributed by atoms with Crippen LogP contribution in [-0.2, 0) is 14.3 Å². The molecule has 2 aliphatic rings. The van der Waals surface area contributed by atoms with Crippen LogP contribution in [0.15, 0.2) is 11.6 Å². The van der Waals surface area contributed by atoms with Gasteiger partial charge >= 0.3 is 0 Å². The van der Waals surface area contributed by atoms with Gasteiger partial charge in [0.2, 0.25) is 5.79 Å². The molecule has 2 aliphatic heterocycles. The van der Waals surface area contributed by atoms with E-state index in [0.29, 0.717) is 6.08 Å². The minimum absolute atomic E-state index is 0.602. The molecule has 1 fully saturated rings. The summed E-state index contributed by atoms with van der Waals surface area (Å²) in [6, 6.07) is 0. The maximum Gasteiger partial charge on any atom is 0.259 e. The minimum Gasteiger partial charge on any atom is -0.394 e. The normalized spacial score (nSPS) is 43.1. The van der Waals surface area contributed by atoms with Crippen LogP contribution in [0.1, 0.15) is 0 Å². The van der Waals surface area contributed by atoms with Crippen molar-refractivity contribution in [2.75, 3.05) is 6.61 Å². The lowest BCUT2D eigenvalue weighted by molar-refractivity contribution is -0.330. The Kier molecular flexibility index (Phi) is 3.43. The number of carbonyl (C=O) groups is 2. The molecule has 0 aromatic heterocycles. The third-order valence-electron chi connectivity index (χ3n) is 3.11. The Labute approximate surface area is 106 Å². The SMILES string of the molecule is O=C1C=C(C2(O)O[C@H](CO)[C@@H](O)[C@H](O)[C@H]2O)C(=O)N1. The highest BCUT2D eigenvalue weighted by molar-refractivity contribution is 6.17. The van der Waals surface area contributed by atoms with Gasteiger partial charge in [0.15, 0.2) is 0 Å². The van der Waals surface area contributed by atoms with E-state index >= 15 is 0 Å². The molecule has 5 atom stereocenters. The number of imide groups is 1. The van der Waals surface area contributed by atoms with E-state index in [4.69, 9.17) is 9.84 Å². The standard InChI is InChI=1S/C10H13NO8/c12-2-4-6(14)7(15)8(16)10(18,19-4)3-1-5(13)11-9(3)17/h1,4,6-8,12,14-16,18H,2H2,(H,11,13,17)/t4-,6-,7+,8-,10?/m1/s1. The Morgan fingerprint density at radius 3 is 2.37 bits per heavy atom. The predicted molar refractivity (Wildman–Crippen MR) is 56.2 cm³/mol. The van der Waals surface area contributed by atoms with Gasteiger partial charge in [0.05, 0.1) is 12.2 Å². The largest absolute Gasteiger partial charge is 0.394 e. The summed E-state index contributed by atoms with van der Waals surface area (Å²) in [7, 11) is 0. The zero-order valence-corrected chi connectivity index (χ0v) is 9.55. The highest BCUT2D eigenvalue weighted by Crippen LogP contribution is 2.34.